The molecule has 0 aromatic heterocycles. The normalized spacial score (nSPS) is 23.5. The van der Waals surface area contributed by atoms with Gasteiger partial charge in [0.2, 0.25) is 17.7 Å². The van der Waals surface area contributed by atoms with Crippen molar-refractivity contribution in [3.8, 4) is 0 Å². The zero-order valence-corrected chi connectivity index (χ0v) is 22.7. The van der Waals surface area contributed by atoms with E-state index in [0.29, 0.717) is 6.54 Å². The number of carboxylic acids is 1. The van der Waals surface area contributed by atoms with Gasteiger partial charge in [0.05, 0.1) is 30.3 Å². The first-order chi connectivity index (χ1) is 19.8. The van der Waals surface area contributed by atoms with Crippen molar-refractivity contribution in [2.45, 2.75) is 37.4 Å². The first-order valence-corrected chi connectivity index (χ1v) is 13.8. The predicted molar refractivity (Wildman–Crippen MR) is 154 cm³/mol. The summed E-state index contributed by atoms with van der Waals surface area (Å²) in [5.74, 6) is -3.97. The number of aliphatic carboxylic acids is 1. The molecule has 2 aliphatic heterocycles. The zero-order valence-electron chi connectivity index (χ0n) is 22.7. The highest BCUT2D eigenvalue weighted by molar-refractivity contribution is 5.99. The molecule has 0 saturated carbocycles. The number of β-lactam (4-membered cyclic amide) rings is 1. The van der Waals surface area contributed by atoms with Crippen LogP contribution in [-0.4, -0.2) is 52.3 Å². The van der Waals surface area contributed by atoms with Crippen molar-refractivity contribution in [1.82, 2.24) is 15.5 Å². The average Bonchev–Trinajstić information content (AvgIpc) is 3.36. The van der Waals surface area contributed by atoms with Gasteiger partial charge in [-0.05, 0) is 23.6 Å². The molecule has 0 radical (unpaired) electrons. The molecule has 0 spiro atoms. The molecule has 2 aliphatic rings. The van der Waals surface area contributed by atoms with Crippen molar-refractivity contribution in [3.05, 3.63) is 114 Å². The van der Waals surface area contributed by atoms with Gasteiger partial charge in [0.1, 0.15) is 6.04 Å². The van der Waals surface area contributed by atoms with Gasteiger partial charge in [-0.25, -0.2) is 0 Å². The molecule has 3 N–H and O–H groups in total. The lowest BCUT2D eigenvalue weighted by Gasteiger charge is -2.51. The molecule has 3 aromatic rings. The van der Waals surface area contributed by atoms with Crippen molar-refractivity contribution in [3.63, 3.8) is 0 Å². The van der Waals surface area contributed by atoms with Gasteiger partial charge in [-0.1, -0.05) is 103 Å². The molecule has 2 saturated heterocycles. The Kier molecular flexibility index (Phi) is 8.29. The van der Waals surface area contributed by atoms with Gasteiger partial charge in [0.15, 0.2) is 0 Å². The third-order valence-electron chi connectivity index (χ3n) is 8.03. The fraction of sp³-hybridized carbons (Fsp3) is 0.273. The number of carbonyl (C=O) groups excluding carboxylic acids is 3. The Morgan fingerprint density at radius 2 is 1.56 bits per heavy atom. The van der Waals surface area contributed by atoms with Gasteiger partial charge in [0, 0.05) is 12.5 Å². The van der Waals surface area contributed by atoms with Crippen LogP contribution in [0.15, 0.2) is 97.1 Å². The molecule has 41 heavy (non-hydrogen) atoms. The van der Waals surface area contributed by atoms with Crippen LogP contribution in [0.4, 0.5) is 0 Å². The summed E-state index contributed by atoms with van der Waals surface area (Å²) < 4.78 is 0. The van der Waals surface area contributed by atoms with E-state index in [1.807, 2.05) is 110 Å². The quantitative estimate of drug-likeness (QED) is 0.332. The lowest BCUT2D eigenvalue weighted by atomic mass is 9.70. The molecular formula is C33H33N3O5. The van der Waals surface area contributed by atoms with Crippen molar-refractivity contribution < 1.29 is 24.3 Å². The Balaban J connectivity index is 1.48. The van der Waals surface area contributed by atoms with Gasteiger partial charge >= 0.3 is 5.97 Å². The van der Waals surface area contributed by atoms with E-state index < -0.39 is 54.2 Å². The second-order valence-electron chi connectivity index (χ2n) is 10.6. The van der Waals surface area contributed by atoms with Gasteiger partial charge in [-0.15, -0.1) is 0 Å². The van der Waals surface area contributed by atoms with Crippen molar-refractivity contribution in [1.29, 1.82) is 0 Å². The highest BCUT2D eigenvalue weighted by atomic mass is 16.4. The molecule has 2 fully saturated rings. The van der Waals surface area contributed by atoms with Crippen LogP contribution in [-0.2, 0) is 19.2 Å². The largest absolute Gasteiger partial charge is 0.481 e. The van der Waals surface area contributed by atoms with Gasteiger partial charge in [-0.3, -0.25) is 19.2 Å². The van der Waals surface area contributed by atoms with E-state index in [9.17, 15) is 24.3 Å². The first-order valence-electron chi connectivity index (χ1n) is 13.8. The van der Waals surface area contributed by atoms with Gasteiger partial charge in [-0.2, -0.15) is 0 Å². The number of amides is 3. The summed E-state index contributed by atoms with van der Waals surface area (Å²) in [6.07, 6.45) is 3.11. The summed E-state index contributed by atoms with van der Waals surface area (Å²) >= 11 is 0. The minimum atomic E-state index is -1.24. The number of carboxylic acid groups (broad SMARTS) is 1. The minimum absolute atomic E-state index is 0.216. The fourth-order valence-electron chi connectivity index (χ4n) is 5.96. The molecule has 3 aromatic carbocycles. The Morgan fingerprint density at radius 1 is 0.951 bits per heavy atom. The molecule has 8 nitrogen and oxygen atoms in total. The standard InChI is InChI=1S/C33H33N3O5/c1-21(23-13-7-3-8-14-23)35-31(39)27(19-28(37)38)36-26(18-17-22-11-5-2-6-12-22)30(33(36)41)29-25(20-34-32(29)40)24-15-9-4-10-16-24/h2-18,21,25-27,29-30H,19-20H2,1H3,(H,34,40)(H,35,39)(H,37,38)/t21-,25+,26+,27+,29?,30+/m0/s1. The molecule has 8 heteroatoms. The monoisotopic (exact) mass is 551 g/mol. The number of likely N-dealkylation sites (tertiary alicyclic amines) is 1. The van der Waals surface area contributed by atoms with Crippen LogP contribution >= 0.6 is 0 Å². The highest BCUT2D eigenvalue weighted by Crippen LogP contribution is 2.44. The molecular weight excluding hydrogens is 518 g/mol. The maximum atomic E-state index is 13.9. The summed E-state index contributed by atoms with van der Waals surface area (Å²) in [5.41, 5.74) is 2.69. The number of nitrogens with zero attached hydrogens (tertiary/aromatic N) is 1. The summed E-state index contributed by atoms with van der Waals surface area (Å²) in [4.78, 5) is 53.9. The molecule has 0 aliphatic carbocycles. The fourth-order valence-corrected chi connectivity index (χ4v) is 5.96. The van der Waals surface area contributed by atoms with Gasteiger partial charge < -0.3 is 20.6 Å². The topological polar surface area (TPSA) is 116 Å². The smallest absolute Gasteiger partial charge is 0.305 e. The van der Waals surface area contributed by atoms with Crippen LogP contribution < -0.4 is 10.6 Å². The van der Waals surface area contributed by atoms with E-state index in [1.54, 1.807) is 0 Å². The maximum absolute atomic E-state index is 13.9. The van der Waals surface area contributed by atoms with Crippen LogP contribution in [0.25, 0.3) is 6.08 Å². The second kappa shape index (κ2) is 12.2. The Labute approximate surface area is 239 Å². The lowest BCUT2D eigenvalue weighted by molar-refractivity contribution is -0.169. The number of hydrogen-bond donors (Lipinski definition) is 3. The van der Waals surface area contributed by atoms with Crippen molar-refractivity contribution in [2.24, 2.45) is 11.8 Å². The van der Waals surface area contributed by atoms with Gasteiger partial charge in [0.25, 0.3) is 0 Å². The van der Waals surface area contributed by atoms with E-state index in [0.717, 1.165) is 16.7 Å². The lowest BCUT2D eigenvalue weighted by Crippen LogP contribution is -2.69. The van der Waals surface area contributed by atoms with E-state index in [2.05, 4.69) is 10.6 Å². The van der Waals surface area contributed by atoms with E-state index in [-0.39, 0.29) is 11.8 Å². The number of hydrogen-bond acceptors (Lipinski definition) is 4. The number of nitrogens with one attached hydrogen (secondary N) is 2. The SMILES string of the molecule is C[C@H](NC(=O)[C@@H](CC(=O)O)N1C(=O)[C@@H](C2C(=O)NC[C@@H]2c2ccccc2)[C@H]1C=Cc1ccccc1)c1ccccc1. The summed E-state index contributed by atoms with van der Waals surface area (Å²) in [5, 5.41) is 15.6. The molecule has 1 unspecified atom stereocenters. The Bertz CT molecular complexity index is 1430. The van der Waals surface area contributed by atoms with Crippen LogP contribution in [0.2, 0.25) is 0 Å². The third-order valence-corrected chi connectivity index (χ3v) is 8.03. The van der Waals surface area contributed by atoms with E-state index >= 15 is 0 Å². The van der Waals surface area contributed by atoms with E-state index in [4.69, 9.17) is 0 Å². The third kappa shape index (κ3) is 5.91. The summed E-state index contributed by atoms with van der Waals surface area (Å²) in [6.45, 7) is 2.21. The van der Waals surface area contributed by atoms with Crippen molar-refractivity contribution >= 4 is 29.8 Å². The number of carbonyl (C=O) groups is 4. The maximum Gasteiger partial charge on any atom is 0.305 e. The van der Waals surface area contributed by atoms with E-state index in [1.165, 1.54) is 4.90 Å². The van der Waals surface area contributed by atoms with Crippen LogP contribution in [0.5, 0.6) is 0 Å². The molecule has 6 atom stereocenters. The van der Waals surface area contributed by atoms with Crippen molar-refractivity contribution in [2.75, 3.05) is 6.54 Å². The molecule has 0 bridgehead atoms. The average molecular weight is 552 g/mol. The van der Waals surface area contributed by atoms with Crippen LogP contribution in [0.3, 0.4) is 0 Å². The molecule has 210 valence electrons. The Hall–Kier alpha value is -4.72. The van der Waals surface area contributed by atoms with Crippen LogP contribution in [0.1, 0.15) is 42.0 Å². The molecule has 5 rings (SSSR count). The van der Waals surface area contributed by atoms with Crippen LogP contribution in [0, 0.1) is 11.8 Å². The second-order valence-corrected chi connectivity index (χ2v) is 10.6. The number of rotatable bonds is 10. The minimum Gasteiger partial charge on any atom is -0.481 e. The first kappa shape index (κ1) is 27.8. The number of benzene rings is 3. The summed E-state index contributed by atoms with van der Waals surface area (Å²) in [6, 6.07) is 26.1. The molecule has 2 heterocycles. The molecule has 3 amide bonds. The summed E-state index contributed by atoms with van der Waals surface area (Å²) in [7, 11) is 0. The predicted octanol–water partition coefficient (Wildman–Crippen LogP) is 3.78. The zero-order chi connectivity index (χ0) is 28.9. The highest BCUT2D eigenvalue weighted by Gasteiger charge is 2.58. The Morgan fingerprint density at radius 3 is 2.20 bits per heavy atom.